The summed E-state index contributed by atoms with van der Waals surface area (Å²) in [5, 5.41) is 7.36. The summed E-state index contributed by atoms with van der Waals surface area (Å²) >= 11 is 0. The molecule has 194 valence electrons. The summed E-state index contributed by atoms with van der Waals surface area (Å²) in [7, 11) is -4.80. The second-order valence-electron chi connectivity index (χ2n) is 8.21. The van der Waals surface area contributed by atoms with Crippen LogP contribution in [0, 0.1) is 12.3 Å². The SMILES string of the molecule is Cc1cccc(C(=O)N2CCN(c3ccc(C(=O)N(CS(=O)(=O)O)C(=N)N)cc3C(F)(F)F)CC2)c1. The van der Waals surface area contributed by atoms with E-state index in [1.807, 2.05) is 13.0 Å². The maximum atomic E-state index is 13.9. The monoisotopic (exact) mass is 527 g/mol. The molecule has 1 saturated heterocycles. The van der Waals surface area contributed by atoms with Crippen LogP contribution in [0.5, 0.6) is 0 Å². The molecule has 2 aromatic rings. The van der Waals surface area contributed by atoms with E-state index in [2.05, 4.69) is 0 Å². The minimum atomic E-state index is -4.87. The van der Waals surface area contributed by atoms with Crippen molar-refractivity contribution in [3.05, 3.63) is 64.7 Å². The molecule has 0 spiro atoms. The molecule has 1 aliphatic heterocycles. The number of benzene rings is 2. The number of halogens is 3. The zero-order valence-electron chi connectivity index (χ0n) is 19.1. The number of rotatable bonds is 5. The molecule has 36 heavy (non-hydrogen) atoms. The van der Waals surface area contributed by atoms with E-state index in [4.69, 9.17) is 15.7 Å². The highest BCUT2D eigenvalue weighted by atomic mass is 32.2. The maximum Gasteiger partial charge on any atom is 0.418 e. The number of hydrogen-bond donors (Lipinski definition) is 3. The summed E-state index contributed by atoms with van der Waals surface area (Å²) in [6, 6.07) is 9.67. The number of aryl methyl sites for hydroxylation is 1. The molecule has 0 aromatic heterocycles. The first-order chi connectivity index (χ1) is 16.7. The van der Waals surface area contributed by atoms with E-state index in [1.165, 1.54) is 4.90 Å². The van der Waals surface area contributed by atoms with Crippen LogP contribution in [0.25, 0.3) is 0 Å². The van der Waals surface area contributed by atoms with Crippen molar-refractivity contribution in [2.75, 3.05) is 37.0 Å². The fraction of sp³-hybridized carbons (Fsp3) is 0.318. The van der Waals surface area contributed by atoms with Gasteiger partial charge >= 0.3 is 6.18 Å². The average molecular weight is 528 g/mol. The van der Waals surface area contributed by atoms with Crippen LogP contribution in [-0.4, -0.2) is 72.6 Å². The first-order valence-corrected chi connectivity index (χ1v) is 12.2. The summed E-state index contributed by atoms with van der Waals surface area (Å²) in [6.07, 6.45) is -4.87. The van der Waals surface area contributed by atoms with Crippen LogP contribution in [0.4, 0.5) is 18.9 Å². The molecule has 1 aliphatic rings. The standard InChI is InChI=1S/C22H24F3N5O5S/c1-14-3-2-4-15(11-14)19(31)29-9-7-28(8-10-29)18-6-5-16(12-17(18)22(23,24)25)20(32)30(21(26)27)13-36(33,34)35/h2-6,11-12H,7-10,13H2,1H3,(H3,26,27)(H,33,34,35). The number of amides is 2. The van der Waals surface area contributed by atoms with E-state index in [0.29, 0.717) is 11.6 Å². The predicted octanol–water partition coefficient (Wildman–Crippen LogP) is 2.16. The van der Waals surface area contributed by atoms with Gasteiger partial charge < -0.3 is 15.5 Å². The second kappa shape index (κ2) is 10.1. The normalized spacial score (nSPS) is 14.5. The molecule has 4 N–H and O–H groups in total. The number of anilines is 1. The molecule has 0 atom stereocenters. The van der Waals surface area contributed by atoms with E-state index in [1.54, 1.807) is 23.1 Å². The number of carbonyl (C=O) groups is 2. The minimum Gasteiger partial charge on any atom is -0.370 e. The van der Waals surface area contributed by atoms with Gasteiger partial charge in [-0.15, -0.1) is 0 Å². The summed E-state index contributed by atoms with van der Waals surface area (Å²) in [5.41, 5.74) is 4.65. The zero-order chi connectivity index (χ0) is 26.8. The van der Waals surface area contributed by atoms with Crippen LogP contribution in [0.15, 0.2) is 42.5 Å². The molecule has 0 radical (unpaired) electrons. The smallest absolute Gasteiger partial charge is 0.370 e. The highest BCUT2D eigenvalue weighted by Gasteiger charge is 2.37. The van der Waals surface area contributed by atoms with Gasteiger partial charge in [0.25, 0.3) is 21.9 Å². The van der Waals surface area contributed by atoms with Gasteiger partial charge in [0.05, 0.1) is 5.56 Å². The van der Waals surface area contributed by atoms with E-state index in [9.17, 15) is 31.2 Å². The lowest BCUT2D eigenvalue weighted by Crippen LogP contribution is -2.49. The average Bonchev–Trinajstić information content (AvgIpc) is 2.80. The fourth-order valence-corrected chi connectivity index (χ4v) is 4.42. The second-order valence-corrected chi connectivity index (χ2v) is 9.63. The van der Waals surface area contributed by atoms with Gasteiger partial charge in [0.15, 0.2) is 11.8 Å². The van der Waals surface area contributed by atoms with E-state index < -0.39 is 45.2 Å². The van der Waals surface area contributed by atoms with E-state index in [0.717, 1.165) is 17.7 Å². The Bertz CT molecular complexity index is 1290. The van der Waals surface area contributed by atoms with Crippen LogP contribution < -0.4 is 10.6 Å². The largest absolute Gasteiger partial charge is 0.418 e. The molecule has 1 fully saturated rings. The lowest BCUT2D eigenvalue weighted by molar-refractivity contribution is -0.137. The lowest BCUT2D eigenvalue weighted by Gasteiger charge is -2.37. The molecule has 10 nitrogen and oxygen atoms in total. The van der Waals surface area contributed by atoms with Gasteiger partial charge in [-0.3, -0.25) is 24.5 Å². The Balaban J connectivity index is 1.84. The Hall–Kier alpha value is -3.65. The number of alkyl halides is 3. The Labute approximate surface area is 205 Å². The fourth-order valence-electron chi connectivity index (χ4n) is 3.84. The van der Waals surface area contributed by atoms with Crippen LogP contribution in [0.1, 0.15) is 31.8 Å². The first-order valence-electron chi connectivity index (χ1n) is 10.6. The Morgan fingerprint density at radius 3 is 2.25 bits per heavy atom. The van der Waals surface area contributed by atoms with Gasteiger partial charge in [-0.05, 0) is 37.3 Å². The molecule has 2 amide bonds. The third kappa shape index (κ3) is 6.31. The molecular formula is C22H24F3N5O5S. The molecule has 0 bridgehead atoms. The Morgan fingerprint density at radius 2 is 1.72 bits per heavy atom. The van der Waals surface area contributed by atoms with Crippen molar-refractivity contribution < 1.29 is 35.7 Å². The third-order valence-corrected chi connectivity index (χ3v) is 6.13. The van der Waals surface area contributed by atoms with Crippen molar-refractivity contribution in [2.45, 2.75) is 13.1 Å². The summed E-state index contributed by atoms with van der Waals surface area (Å²) < 4.78 is 73.0. The van der Waals surface area contributed by atoms with E-state index in [-0.39, 0.29) is 42.7 Å². The van der Waals surface area contributed by atoms with E-state index >= 15 is 0 Å². The van der Waals surface area contributed by atoms with Crippen LogP contribution >= 0.6 is 0 Å². The number of hydrogen-bond acceptors (Lipinski definition) is 6. The van der Waals surface area contributed by atoms with Crippen molar-refractivity contribution in [3.63, 3.8) is 0 Å². The van der Waals surface area contributed by atoms with Gasteiger partial charge in [0, 0.05) is 43.0 Å². The Kier molecular flexibility index (Phi) is 7.59. The third-order valence-electron chi connectivity index (χ3n) is 5.55. The molecule has 0 saturated carbocycles. The van der Waals surface area contributed by atoms with Crippen LogP contribution in [0.2, 0.25) is 0 Å². The minimum absolute atomic E-state index is 0.107. The topological polar surface area (TPSA) is 148 Å². The number of nitrogens with zero attached hydrogens (tertiary/aromatic N) is 3. The molecule has 1 heterocycles. The summed E-state index contributed by atoms with van der Waals surface area (Å²) in [6.45, 7) is 2.42. The highest BCUT2D eigenvalue weighted by Crippen LogP contribution is 2.38. The van der Waals surface area contributed by atoms with Crippen molar-refractivity contribution in [3.8, 4) is 0 Å². The lowest BCUT2D eigenvalue weighted by atomic mass is 10.0. The maximum absolute atomic E-state index is 13.9. The number of guanidine groups is 1. The van der Waals surface area contributed by atoms with Gasteiger partial charge in [-0.25, -0.2) is 0 Å². The Morgan fingerprint density at radius 1 is 1.08 bits per heavy atom. The van der Waals surface area contributed by atoms with Crippen molar-refractivity contribution in [1.82, 2.24) is 9.80 Å². The van der Waals surface area contributed by atoms with Gasteiger partial charge in [-0.2, -0.15) is 21.6 Å². The van der Waals surface area contributed by atoms with Crippen molar-refractivity contribution in [1.29, 1.82) is 5.41 Å². The molecular weight excluding hydrogens is 503 g/mol. The predicted molar refractivity (Wildman–Crippen MR) is 125 cm³/mol. The van der Waals surface area contributed by atoms with Crippen molar-refractivity contribution in [2.24, 2.45) is 5.73 Å². The summed E-state index contributed by atoms with van der Waals surface area (Å²) in [4.78, 5) is 28.5. The molecule has 3 rings (SSSR count). The number of nitrogens with two attached hydrogens (primary N) is 1. The van der Waals surface area contributed by atoms with Gasteiger partial charge in [0.1, 0.15) is 0 Å². The molecule has 2 aromatic carbocycles. The van der Waals surface area contributed by atoms with Crippen LogP contribution in [-0.2, 0) is 16.3 Å². The molecule has 0 unspecified atom stereocenters. The number of nitrogens with one attached hydrogen (secondary N) is 1. The number of piperazine rings is 1. The summed E-state index contributed by atoms with van der Waals surface area (Å²) in [5.74, 6) is -3.98. The van der Waals surface area contributed by atoms with Crippen LogP contribution in [0.3, 0.4) is 0 Å². The van der Waals surface area contributed by atoms with Gasteiger partial charge in [-0.1, -0.05) is 17.7 Å². The van der Waals surface area contributed by atoms with Crippen molar-refractivity contribution >= 4 is 33.6 Å². The zero-order valence-corrected chi connectivity index (χ0v) is 19.9. The quantitative estimate of drug-likeness (QED) is 0.307. The number of carbonyl (C=O) groups excluding carboxylic acids is 2. The molecule has 14 heteroatoms. The molecule has 0 aliphatic carbocycles. The first kappa shape index (κ1) is 26.9. The highest BCUT2D eigenvalue weighted by molar-refractivity contribution is 7.85. The van der Waals surface area contributed by atoms with Gasteiger partial charge in [0.2, 0.25) is 0 Å².